The van der Waals surface area contributed by atoms with Gasteiger partial charge in [-0.25, -0.2) is 9.97 Å². The number of aryl methyl sites for hydroxylation is 2. The van der Waals surface area contributed by atoms with E-state index in [0.717, 1.165) is 55.7 Å². The lowest BCUT2D eigenvalue weighted by atomic mass is 10.0. The van der Waals surface area contributed by atoms with Gasteiger partial charge in [-0.3, -0.25) is 0 Å². The Kier molecular flexibility index (Phi) is 4.86. The van der Waals surface area contributed by atoms with Gasteiger partial charge in [-0.15, -0.1) is 0 Å². The van der Waals surface area contributed by atoms with Crippen LogP contribution < -0.4 is 0 Å². The Hall–Kier alpha value is -4.12. The molecule has 158 valence electrons. The van der Waals surface area contributed by atoms with Gasteiger partial charge in [0.05, 0.1) is 22.4 Å². The van der Waals surface area contributed by atoms with Crippen molar-refractivity contribution in [2.45, 2.75) is 13.8 Å². The van der Waals surface area contributed by atoms with Crippen molar-refractivity contribution in [3.8, 4) is 11.1 Å². The van der Waals surface area contributed by atoms with Gasteiger partial charge in [0.15, 0.2) is 0 Å². The van der Waals surface area contributed by atoms with E-state index in [1.807, 2.05) is 57.3 Å². The number of hydrogen-bond donors (Lipinski definition) is 1. The first-order valence-corrected chi connectivity index (χ1v) is 10.6. The van der Waals surface area contributed by atoms with Crippen LogP contribution in [-0.2, 0) is 7.05 Å². The largest absolute Gasteiger partial charge is 0.438 e. The van der Waals surface area contributed by atoms with Crippen LogP contribution in [0.3, 0.4) is 0 Å². The van der Waals surface area contributed by atoms with Crippen LogP contribution in [0.4, 0.5) is 0 Å². The van der Waals surface area contributed by atoms with Gasteiger partial charge in [0.2, 0.25) is 5.71 Å². The Labute approximate surface area is 186 Å². The van der Waals surface area contributed by atoms with Crippen molar-refractivity contribution in [2.75, 3.05) is 0 Å². The molecule has 0 aliphatic carbocycles. The zero-order valence-corrected chi connectivity index (χ0v) is 18.4. The van der Waals surface area contributed by atoms with Crippen molar-refractivity contribution in [1.82, 2.24) is 19.5 Å². The van der Waals surface area contributed by atoms with E-state index in [1.165, 1.54) is 0 Å². The van der Waals surface area contributed by atoms with E-state index < -0.39 is 0 Å². The fraction of sp³-hybridized carbons (Fsp3) is 0.111. The lowest BCUT2D eigenvalue weighted by Gasteiger charge is -2.11. The molecule has 2 aromatic carbocycles. The molecule has 0 amide bonds. The predicted molar refractivity (Wildman–Crippen MR) is 133 cm³/mol. The smallest absolute Gasteiger partial charge is 0.227 e. The number of H-pyrrole nitrogens is 1. The fourth-order valence-corrected chi connectivity index (χ4v) is 4.03. The maximum absolute atomic E-state index is 5.89. The third-order valence-electron chi connectivity index (χ3n) is 5.78. The standard InChI is InChI=1S/C27H24N4O/c1-5-8-23-22(6-2)30-24-16-19(10-12-25(24)31(4)17(3)29-23)18-11-13-26-21(15-18)20-9-7-14-28-27(20)32-26/h5-16,30H,2H2,1,3-4H3/b8-5-,23-22?,29-17?. The van der Waals surface area contributed by atoms with Crippen LogP contribution >= 0.6 is 0 Å². The first kappa shape index (κ1) is 19.8. The number of benzene rings is 2. The van der Waals surface area contributed by atoms with Crippen molar-refractivity contribution in [1.29, 1.82) is 0 Å². The van der Waals surface area contributed by atoms with Gasteiger partial charge in [-0.2, -0.15) is 0 Å². The van der Waals surface area contributed by atoms with E-state index in [1.54, 1.807) is 6.20 Å². The number of allylic oxidation sites excluding steroid dienone is 1. The van der Waals surface area contributed by atoms with Crippen LogP contribution in [-0.4, -0.2) is 19.5 Å². The Balaban J connectivity index is 1.77. The van der Waals surface area contributed by atoms with Crippen LogP contribution in [0, 0.1) is 6.92 Å². The highest BCUT2D eigenvalue weighted by molar-refractivity contribution is 6.05. The summed E-state index contributed by atoms with van der Waals surface area (Å²) in [6, 6.07) is 16.7. The fourth-order valence-electron chi connectivity index (χ4n) is 4.03. The second-order valence-corrected chi connectivity index (χ2v) is 7.75. The minimum absolute atomic E-state index is 0.660. The molecule has 0 atom stereocenters. The van der Waals surface area contributed by atoms with Crippen molar-refractivity contribution in [3.05, 3.63) is 84.6 Å². The zero-order valence-electron chi connectivity index (χ0n) is 18.4. The highest BCUT2D eigenvalue weighted by atomic mass is 16.3. The molecule has 0 aliphatic rings. The molecule has 0 radical (unpaired) electrons. The average Bonchev–Trinajstić information content (AvgIpc) is 3.19. The monoisotopic (exact) mass is 420 g/mol. The molecule has 5 aromatic rings. The Morgan fingerprint density at radius 2 is 1.88 bits per heavy atom. The van der Waals surface area contributed by atoms with Crippen LogP contribution in [0.2, 0.25) is 0 Å². The number of aromatic nitrogens is 4. The van der Waals surface area contributed by atoms with Gasteiger partial charge in [-0.1, -0.05) is 24.8 Å². The molecule has 0 unspecified atom stereocenters. The third kappa shape index (κ3) is 3.28. The van der Waals surface area contributed by atoms with Crippen LogP contribution in [0.5, 0.6) is 0 Å². The number of fused-ring (bicyclic) bond motifs is 4. The average molecular weight is 421 g/mol. The summed E-state index contributed by atoms with van der Waals surface area (Å²) in [6.07, 6.45) is 7.53. The summed E-state index contributed by atoms with van der Waals surface area (Å²) in [5, 5.41) is 2.08. The van der Waals surface area contributed by atoms with E-state index in [9.17, 15) is 0 Å². The van der Waals surface area contributed by atoms with Crippen molar-refractivity contribution < 1.29 is 4.42 Å². The van der Waals surface area contributed by atoms with E-state index in [2.05, 4.69) is 51.4 Å². The molecule has 0 aliphatic heterocycles. The zero-order chi connectivity index (χ0) is 22.2. The van der Waals surface area contributed by atoms with Crippen LogP contribution in [0.1, 0.15) is 24.1 Å². The van der Waals surface area contributed by atoms with E-state index in [4.69, 9.17) is 9.40 Å². The summed E-state index contributed by atoms with van der Waals surface area (Å²) in [5.41, 5.74) is 7.48. The number of nitrogens with zero attached hydrogens (tertiary/aromatic N) is 3. The summed E-state index contributed by atoms with van der Waals surface area (Å²) in [7, 11) is 2.03. The summed E-state index contributed by atoms with van der Waals surface area (Å²) in [5.74, 6) is 0.909. The molecule has 32 heavy (non-hydrogen) atoms. The van der Waals surface area contributed by atoms with Gasteiger partial charge < -0.3 is 14.0 Å². The third-order valence-corrected chi connectivity index (χ3v) is 5.78. The van der Waals surface area contributed by atoms with E-state index in [-0.39, 0.29) is 0 Å². The molecular weight excluding hydrogens is 396 g/mol. The number of hydrogen-bond acceptors (Lipinski definition) is 3. The molecule has 1 N–H and O–H groups in total. The number of nitrogens with one attached hydrogen (secondary N) is 1. The van der Waals surface area contributed by atoms with Gasteiger partial charge >= 0.3 is 0 Å². The molecule has 0 bridgehead atoms. The molecule has 0 saturated heterocycles. The topological polar surface area (TPSA) is 59.6 Å². The molecule has 5 nitrogen and oxygen atoms in total. The van der Waals surface area contributed by atoms with Crippen LogP contribution in [0.25, 0.3) is 56.4 Å². The minimum atomic E-state index is 0.660. The maximum Gasteiger partial charge on any atom is 0.227 e. The normalized spacial score (nSPS) is 11.6. The molecule has 0 saturated carbocycles. The summed E-state index contributed by atoms with van der Waals surface area (Å²) in [4.78, 5) is 12.7. The molecule has 0 spiro atoms. The van der Waals surface area contributed by atoms with E-state index >= 15 is 0 Å². The van der Waals surface area contributed by atoms with Gasteiger partial charge in [0.25, 0.3) is 0 Å². The Morgan fingerprint density at radius 1 is 1.06 bits per heavy atom. The summed E-state index contributed by atoms with van der Waals surface area (Å²) >= 11 is 0. The number of pyridine rings is 1. The Morgan fingerprint density at radius 3 is 2.69 bits per heavy atom. The molecular formula is C27H24N4O. The van der Waals surface area contributed by atoms with Crippen molar-refractivity contribution in [3.63, 3.8) is 0 Å². The van der Waals surface area contributed by atoms with Gasteiger partial charge in [0, 0.05) is 24.0 Å². The van der Waals surface area contributed by atoms with Gasteiger partial charge in [-0.05, 0) is 73.5 Å². The van der Waals surface area contributed by atoms with Crippen molar-refractivity contribution >= 4 is 45.3 Å². The SMILES string of the molecule is C=Cc1[nH]c2cc(-c3ccc4oc5ncccc5c4c3)ccc2n(C)c(C)nc1/C=C\C. The second kappa shape index (κ2) is 7.85. The lowest BCUT2D eigenvalue weighted by molar-refractivity contribution is 0.654. The van der Waals surface area contributed by atoms with Gasteiger partial charge in [0.1, 0.15) is 11.4 Å². The molecule has 5 rings (SSSR count). The van der Waals surface area contributed by atoms with E-state index in [0.29, 0.717) is 5.71 Å². The Bertz CT molecular complexity index is 1580. The summed E-state index contributed by atoms with van der Waals surface area (Å²) in [6.45, 7) is 7.99. The predicted octanol–water partition coefficient (Wildman–Crippen LogP) is 6.97. The highest BCUT2D eigenvalue weighted by Gasteiger charge is 2.10. The highest BCUT2D eigenvalue weighted by Crippen LogP contribution is 2.32. The molecule has 0 fully saturated rings. The van der Waals surface area contributed by atoms with Crippen LogP contribution in [0.15, 0.2) is 71.8 Å². The first-order chi connectivity index (χ1) is 15.6. The number of aromatic amines is 1. The van der Waals surface area contributed by atoms with Crippen molar-refractivity contribution in [2.24, 2.45) is 7.05 Å². The lowest BCUT2D eigenvalue weighted by Crippen LogP contribution is -2.03. The summed E-state index contributed by atoms with van der Waals surface area (Å²) < 4.78 is 7.98. The first-order valence-electron chi connectivity index (χ1n) is 10.6. The number of furan rings is 1. The quantitative estimate of drug-likeness (QED) is 0.343. The molecule has 3 heterocycles. The second-order valence-electron chi connectivity index (χ2n) is 7.75. The molecule has 3 aromatic heterocycles. The molecule has 5 heteroatoms. The maximum atomic E-state index is 5.89. The minimum Gasteiger partial charge on any atom is -0.438 e. The number of rotatable bonds is 3.